The largest absolute Gasteiger partial charge is 0.505 e. The van der Waals surface area contributed by atoms with E-state index in [2.05, 4.69) is 40.8 Å². The third-order valence-corrected chi connectivity index (χ3v) is 12.1. The van der Waals surface area contributed by atoms with Gasteiger partial charge in [-0.3, -0.25) is 13.7 Å². The van der Waals surface area contributed by atoms with Crippen molar-refractivity contribution < 1.29 is 85.7 Å². The molecule has 0 aliphatic rings. The number of azo groups is 3. The number of phenols is 1. The van der Waals surface area contributed by atoms with E-state index in [0.717, 1.165) is 39.3 Å². The molecule has 0 saturated heterocycles. The number of carbonyl (C=O) groups excluding carboxylic acids is 4. The molecule has 0 spiro atoms. The summed E-state index contributed by atoms with van der Waals surface area (Å²) in [5.74, 6) is -1.58. The molecular weight excluding hydrogens is 1050 g/mol. The summed E-state index contributed by atoms with van der Waals surface area (Å²) in [4.78, 5) is 35.8. The number of aromatic hydroxyl groups is 2. The number of rotatable bonds is 14. The molecule has 2 aromatic heterocycles. The van der Waals surface area contributed by atoms with Gasteiger partial charge in [0.2, 0.25) is 11.0 Å². The number of phenolic OH excluding ortho intramolecular Hbond substituents is 1. The van der Waals surface area contributed by atoms with Crippen LogP contribution in [0.2, 0.25) is 0 Å². The van der Waals surface area contributed by atoms with Gasteiger partial charge in [-0.2, -0.15) is 54.2 Å². The van der Waals surface area contributed by atoms with Gasteiger partial charge < -0.3 is 14.9 Å². The van der Waals surface area contributed by atoms with Crippen molar-refractivity contribution in [3.63, 3.8) is 0 Å². The molecule has 0 aliphatic heterocycles. The van der Waals surface area contributed by atoms with Crippen molar-refractivity contribution in [1.29, 1.82) is 0 Å². The van der Waals surface area contributed by atoms with Crippen LogP contribution in [0.1, 0.15) is 12.0 Å². The number of thiazole rings is 1. The monoisotopic (exact) mass is 1080 g/mol. The highest BCUT2D eigenvalue weighted by molar-refractivity contribution is 7.86. The van der Waals surface area contributed by atoms with E-state index >= 15 is 0 Å². The van der Waals surface area contributed by atoms with Gasteiger partial charge >= 0.3 is 22.9 Å². The molecule has 0 saturated carbocycles. The number of ether oxygens (including phenoxy) is 1. The number of nitrogens with zero attached hydrogens (tertiary/aromatic N) is 9. The lowest BCUT2D eigenvalue weighted by molar-refractivity contribution is -0.193. The van der Waals surface area contributed by atoms with E-state index in [1.54, 1.807) is 13.0 Å². The highest BCUT2D eigenvalue weighted by Gasteiger charge is 2.23. The molecule has 33 heteroatoms. The average Bonchev–Trinajstić information content (AvgIpc) is 3.88. The number of hydrogen-bond acceptors (Lipinski definition) is 25. The Balaban J connectivity index is 0.00000101. The lowest BCUT2D eigenvalue weighted by atomic mass is 10.1. The van der Waals surface area contributed by atoms with Gasteiger partial charge in [-0.05, 0) is 79.6 Å². The summed E-state index contributed by atoms with van der Waals surface area (Å²) < 4.78 is 132. The van der Waals surface area contributed by atoms with Gasteiger partial charge in [-0.1, -0.05) is 29.5 Å². The second kappa shape index (κ2) is 24.4. The van der Waals surface area contributed by atoms with Crippen molar-refractivity contribution in [2.24, 2.45) is 30.7 Å². The standard InChI is InChI=1S/C36H29N9O12S4.2CO2.O3S/c1-20-17-29(31(57-15-4-16-59(48,49)50)18-28(20)41-44-36-38-25-5-2-3-6-32(25)58-36)42-39-26-13-12-24-23(33(26)46)11-14-27(34(24)61(54,55)56)40-43-30-19-37-45(35(30)47)21-7-9-22(10-8-21)60(51,52)53;2*2-1-3;1-4(2)3/h2-3,5-14,17-19,46-47H,4,15-16H2,1H3,(H,48,49,50)(H,51,52,53)(H,54,55,56);;;. The van der Waals surface area contributed by atoms with Crippen molar-refractivity contribution in [2.45, 2.75) is 23.1 Å². The minimum atomic E-state index is -5.04. The van der Waals surface area contributed by atoms with Crippen molar-refractivity contribution in [2.75, 3.05) is 12.4 Å². The summed E-state index contributed by atoms with van der Waals surface area (Å²) in [6, 6.07) is 20.1. The van der Waals surface area contributed by atoms with Crippen LogP contribution in [0, 0.1) is 6.92 Å². The van der Waals surface area contributed by atoms with E-state index in [4.69, 9.17) is 41.1 Å². The molecule has 0 amide bonds. The Kier molecular flexibility index (Phi) is 19.0. The van der Waals surface area contributed by atoms with Crippen LogP contribution in [0.25, 0.3) is 26.7 Å². The fourth-order valence-electron chi connectivity index (χ4n) is 5.72. The first kappa shape index (κ1) is 55.4. The molecular formula is C38H29N9O19S5. The lowest BCUT2D eigenvalue weighted by Crippen LogP contribution is -2.08. The van der Waals surface area contributed by atoms with Gasteiger partial charge in [0, 0.05) is 16.8 Å². The van der Waals surface area contributed by atoms with Gasteiger partial charge in [0.05, 0.1) is 45.0 Å². The second-order valence-electron chi connectivity index (χ2n) is 13.2. The molecule has 0 bridgehead atoms. The zero-order chi connectivity index (χ0) is 52.7. The quantitative estimate of drug-likeness (QED) is 0.0436. The molecule has 2 heterocycles. The lowest BCUT2D eigenvalue weighted by Gasteiger charge is -2.11. The Labute approximate surface area is 403 Å². The third-order valence-electron chi connectivity index (χ3n) is 8.58. The molecule has 5 N–H and O–H groups in total. The van der Waals surface area contributed by atoms with Gasteiger partial charge in [0.1, 0.15) is 27.7 Å². The van der Waals surface area contributed by atoms with Crippen LogP contribution in [-0.2, 0) is 60.1 Å². The van der Waals surface area contributed by atoms with Crippen molar-refractivity contribution >= 4 is 119 Å². The number of hydrogen-bond donors (Lipinski definition) is 5. The maximum atomic E-state index is 12.7. The van der Waals surface area contributed by atoms with E-state index in [1.807, 2.05) is 24.3 Å². The van der Waals surface area contributed by atoms with Crippen molar-refractivity contribution in [3.8, 4) is 23.1 Å². The molecule has 0 radical (unpaired) electrons. The maximum Gasteiger partial charge on any atom is 0.425 e. The van der Waals surface area contributed by atoms with Gasteiger partial charge in [0.15, 0.2) is 11.4 Å². The molecule has 7 aromatic rings. The van der Waals surface area contributed by atoms with E-state index in [-0.39, 0.29) is 70.3 Å². The van der Waals surface area contributed by atoms with Gasteiger partial charge in [-0.25, -0.2) is 4.98 Å². The third kappa shape index (κ3) is 15.6. The molecule has 0 unspecified atom stereocenters. The predicted octanol–water partition coefficient (Wildman–Crippen LogP) is 6.58. The first-order valence-corrected chi connectivity index (χ1v) is 24.9. The minimum absolute atomic E-state index is 0.0733. The van der Waals surface area contributed by atoms with Gasteiger partial charge in [-0.15, -0.1) is 43.3 Å². The summed E-state index contributed by atoms with van der Waals surface area (Å²) in [6.07, 6.45) is 1.50. The average molecular weight is 1080 g/mol. The zero-order valence-electron chi connectivity index (χ0n) is 35.3. The summed E-state index contributed by atoms with van der Waals surface area (Å²) in [5.41, 5.74) is 1.21. The van der Waals surface area contributed by atoms with Crippen LogP contribution in [-0.4, -0.2) is 101 Å². The smallest absolute Gasteiger partial charge is 0.425 e. The number of benzene rings is 5. The fourth-order valence-corrected chi connectivity index (χ4v) is 8.30. The molecule has 370 valence electrons. The Morgan fingerprint density at radius 1 is 0.690 bits per heavy atom. The number of aromatic nitrogens is 3. The van der Waals surface area contributed by atoms with Crippen LogP contribution in [0.4, 0.5) is 33.6 Å². The minimum Gasteiger partial charge on any atom is -0.505 e. The summed E-state index contributed by atoms with van der Waals surface area (Å²) in [6.45, 7) is 1.56. The topological polar surface area (TPSA) is 437 Å². The van der Waals surface area contributed by atoms with Crippen molar-refractivity contribution in [1.82, 2.24) is 14.8 Å². The molecule has 28 nitrogen and oxygen atoms in total. The van der Waals surface area contributed by atoms with E-state index in [9.17, 15) is 44.6 Å². The normalized spacial score (nSPS) is 11.5. The van der Waals surface area contributed by atoms with Gasteiger partial charge in [0.25, 0.3) is 30.4 Å². The van der Waals surface area contributed by atoms with E-state index in [1.165, 1.54) is 47.7 Å². The number of para-hydroxylation sites is 1. The summed E-state index contributed by atoms with van der Waals surface area (Å²) in [7, 11) is -16.9. The zero-order valence-corrected chi connectivity index (χ0v) is 39.4. The molecule has 5 aromatic carbocycles. The Morgan fingerprint density at radius 3 is 1.86 bits per heavy atom. The molecule has 7 rings (SSSR count). The highest BCUT2D eigenvalue weighted by atomic mass is 32.2. The van der Waals surface area contributed by atoms with Crippen LogP contribution in [0.5, 0.6) is 17.4 Å². The Morgan fingerprint density at radius 2 is 1.25 bits per heavy atom. The first-order valence-electron chi connectivity index (χ1n) is 18.6. The van der Waals surface area contributed by atoms with Crippen LogP contribution >= 0.6 is 11.3 Å². The summed E-state index contributed by atoms with van der Waals surface area (Å²) in [5, 5.41) is 50.8. The van der Waals surface area contributed by atoms with E-state index < -0.39 is 68.1 Å². The van der Waals surface area contributed by atoms with Crippen LogP contribution in [0.15, 0.2) is 132 Å². The fraction of sp³-hybridized carbons (Fsp3) is 0.105. The molecule has 71 heavy (non-hydrogen) atoms. The first-order chi connectivity index (χ1) is 33.4. The Hall–Kier alpha value is -8.23. The summed E-state index contributed by atoms with van der Waals surface area (Å²) >= 11 is 1.33. The Bertz CT molecular complexity index is 3690. The number of aryl methyl sites for hydroxylation is 1. The molecule has 0 fully saturated rings. The van der Waals surface area contributed by atoms with E-state index in [0.29, 0.717) is 16.4 Å². The predicted molar refractivity (Wildman–Crippen MR) is 240 cm³/mol. The molecule has 0 atom stereocenters. The second-order valence-corrected chi connectivity index (χ2v) is 19.0. The molecule has 0 aliphatic carbocycles. The SMILES string of the molecule is Cc1cc(N=Nc2ccc3c(S(=O)(=O)O)c(N=Nc4cnn(-c5ccc(S(=O)(=O)O)cc5)c4O)ccc3c2O)c(OCCCS(=O)(=O)O)cc1N=Nc1nc2ccccc2s1.O=C=O.O=C=O.O=S(=O)=O. The van der Waals surface area contributed by atoms with Crippen LogP contribution < -0.4 is 4.74 Å². The highest BCUT2D eigenvalue weighted by Crippen LogP contribution is 2.43. The maximum absolute atomic E-state index is 12.7. The van der Waals surface area contributed by atoms with Crippen molar-refractivity contribution in [3.05, 3.63) is 96.7 Å². The van der Waals surface area contributed by atoms with Crippen LogP contribution in [0.3, 0.4) is 0 Å². The number of fused-ring (bicyclic) bond motifs is 2.